The van der Waals surface area contributed by atoms with Gasteiger partial charge in [-0.3, -0.25) is 4.79 Å². The van der Waals surface area contributed by atoms with E-state index < -0.39 is 17.2 Å². The minimum atomic E-state index is -0.684. The van der Waals surface area contributed by atoms with E-state index in [-0.39, 0.29) is 12.4 Å². The maximum atomic E-state index is 14.5. The molecule has 2 aliphatic heterocycles. The molecule has 0 spiro atoms. The van der Waals surface area contributed by atoms with Crippen molar-refractivity contribution in [2.45, 2.75) is 32.3 Å². The van der Waals surface area contributed by atoms with Gasteiger partial charge in [0.05, 0.1) is 19.6 Å². The number of benzene rings is 2. The average Bonchev–Trinajstić information content (AvgIpc) is 3.62. The second-order valence-corrected chi connectivity index (χ2v) is 9.13. The van der Waals surface area contributed by atoms with Gasteiger partial charge in [0.15, 0.2) is 11.6 Å². The van der Waals surface area contributed by atoms with Crippen molar-refractivity contribution >= 4 is 11.5 Å². The van der Waals surface area contributed by atoms with Gasteiger partial charge in [0.25, 0.3) is 0 Å². The maximum absolute atomic E-state index is 14.5. The van der Waals surface area contributed by atoms with Crippen LogP contribution in [0.4, 0.5) is 4.39 Å². The molecule has 1 N–H and O–H groups in total. The molecular weight excluding hydrogens is 425 g/mol. The Morgan fingerprint density at radius 2 is 1.88 bits per heavy atom. The fourth-order valence-electron chi connectivity index (χ4n) is 4.99. The molecular formula is C26H28FNO5. The summed E-state index contributed by atoms with van der Waals surface area (Å²) in [6.07, 6.45) is 3.13. The normalized spacial score (nSPS) is 19.1. The summed E-state index contributed by atoms with van der Waals surface area (Å²) in [5.74, 6) is 0.567. The molecule has 2 fully saturated rings. The maximum Gasteiger partial charge on any atom is 0.310 e. The van der Waals surface area contributed by atoms with Gasteiger partial charge in [-0.1, -0.05) is 5.57 Å². The lowest BCUT2D eigenvalue weighted by molar-refractivity contribution is -0.144. The van der Waals surface area contributed by atoms with E-state index in [1.54, 1.807) is 13.2 Å². The third-order valence-corrected chi connectivity index (χ3v) is 7.13. The number of carboxylic acids is 1. The molecule has 5 rings (SSSR count). The minimum absolute atomic E-state index is 0.202. The average molecular weight is 454 g/mol. The van der Waals surface area contributed by atoms with E-state index >= 15 is 0 Å². The summed E-state index contributed by atoms with van der Waals surface area (Å²) < 4.78 is 31.4. The molecule has 2 aromatic carbocycles. The lowest BCUT2D eigenvalue weighted by Gasteiger charge is -2.32. The van der Waals surface area contributed by atoms with Crippen LogP contribution < -0.4 is 14.2 Å². The highest BCUT2D eigenvalue weighted by Gasteiger charge is 2.51. The van der Waals surface area contributed by atoms with Gasteiger partial charge in [-0.2, -0.15) is 0 Å². The zero-order chi connectivity index (χ0) is 23.2. The smallest absolute Gasteiger partial charge is 0.310 e. The van der Waals surface area contributed by atoms with Crippen LogP contribution in [0.1, 0.15) is 42.4 Å². The first-order valence-electron chi connectivity index (χ1n) is 11.3. The van der Waals surface area contributed by atoms with E-state index in [4.69, 9.17) is 14.2 Å². The van der Waals surface area contributed by atoms with Crippen LogP contribution in [0.15, 0.2) is 35.9 Å². The van der Waals surface area contributed by atoms with Gasteiger partial charge in [0.2, 0.25) is 0 Å². The summed E-state index contributed by atoms with van der Waals surface area (Å²) in [6.45, 7) is 2.46. The Hall–Kier alpha value is -3.06. The van der Waals surface area contributed by atoms with Crippen molar-refractivity contribution in [3.63, 3.8) is 0 Å². The van der Waals surface area contributed by atoms with Crippen LogP contribution in [-0.2, 0) is 11.4 Å². The molecule has 2 heterocycles. The minimum Gasteiger partial charge on any atom is -0.497 e. The Morgan fingerprint density at radius 3 is 2.52 bits per heavy atom. The molecule has 0 unspecified atom stereocenters. The molecule has 2 aromatic rings. The first-order valence-corrected chi connectivity index (χ1v) is 11.3. The Bertz CT molecular complexity index is 1130. The summed E-state index contributed by atoms with van der Waals surface area (Å²) in [5.41, 5.74) is 4.34. The van der Waals surface area contributed by atoms with Gasteiger partial charge < -0.3 is 24.2 Å². The quantitative estimate of drug-likeness (QED) is 0.719. The van der Waals surface area contributed by atoms with E-state index in [0.717, 1.165) is 72.5 Å². The Morgan fingerprint density at radius 1 is 1.12 bits per heavy atom. The van der Waals surface area contributed by atoms with Crippen LogP contribution in [0.5, 0.6) is 17.2 Å². The molecule has 1 saturated carbocycles. The monoisotopic (exact) mass is 453 g/mol. The molecule has 0 atom stereocenters. The van der Waals surface area contributed by atoms with Gasteiger partial charge in [-0.05, 0) is 67.2 Å². The van der Waals surface area contributed by atoms with Gasteiger partial charge in [-0.15, -0.1) is 0 Å². The molecule has 33 heavy (non-hydrogen) atoms. The van der Waals surface area contributed by atoms with E-state index in [9.17, 15) is 14.3 Å². The molecule has 0 amide bonds. The molecule has 6 nitrogen and oxygen atoms in total. The largest absolute Gasteiger partial charge is 0.497 e. The molecule has 3 aliphatic rings. The Balaban J connectivity index is 1.55. The zero-order valence-electron chi connectivity index (χ0n) is 18.9. The number of carbonyl (C=O) groups is 1. The lowest BCUT2D eigenvalue weighted by atomic mass is 9.86. The van der Waals surface area contributed by atoms with Gasteiger partial charge in [0, 0.05) is 30.8 Å². The molecule has 0 radical (unpaired) electrons. The first kappa shape index (κ1) is 21.8. The van der Waals surface area contributed by atoms with Crippen LogP contribution in [0.3, 0.4) is 0 Å². The van der Waals surface area contributed by atoms with Gasteiger partial charge in [-0.25, -0.2) is 4.39 Å². The second kappa shape index (κ2) is 8.37. The summed E-state index contributed by atoms with van der Waals surface area (Å²) in [4.78, 5) is 13.9. The number of rotatable bonds is 5. The highest BCUT2D eigenvalue weighted by Crippen LogP contribution is 2.48. The number of ether oxygens (including phenoxy) is 3. The number of likely N-dealkylation sites (tertiary alicyclic amines) is 1. The van der Waals surface area contributed by atoms with Crippen LogP contribution in [0.2, 0.25) is 0 Å². The number of fused-ring (bicyclic) bond motifs is 2. The van der Waals surface area contributed by atoms with Crippen molar-refractivity contribution in [2.75, 3.05) is 33.9 Å². The topological polar surface area (TPSA) is 68.2 Å². The van der Waals surface area contributed by atoms with Crippen LogP contribution in [0.25, 0.3) is 5.57 Å². The summed E-state index contributed by atoms with van der Waals surface area (Å²) in [7, 11) is 3.10. The fraction of sp³-hybridized carbons (Fsp3) is 0.423. The lowest BCUT2D eigenvalue weighted by Crippen LogP contribution is -2.38. The summed E-state index contributed by atoms with van der Waals surface area (Å²) >= 11 is 0. The number of hydrogen-bond acceptors (Lipinski definition) is 5. The summed E-state index contributed by atoms with van der Waals surface area (Å²) in [5, 5.41) is 9.56. The molecule has 0 bridgehead atoms. The highest BCUT2D eigenvalue weighted by molar-refractivity contribution is 5.88. The van der Waals surface area contributed by atoms with E-state index in [1.807, 2.05) is 18.2 Å². The number of nitrogens with zero attached hydrogens (tertiary/aromatic N) is 1. The van der Waals surface area contributed by atoms with Crippen molar-refractivity contribution in [2.24, 2.45) is 5.41 Å². The van der Waals surface area contributed by atoms with Crippen molar-refractivity contribution in [1.29, 1.82) is 0 Å². The third kappa shape index (κ3) is 3.95. The van der Waals surface area contributed by atoms with Crippen molar-refractivity contribution < 1.29 is 28.5 Å². The number of carboxylic acid groups (broad SMARTS) is 1. The highest BCUT2D eigenvalue weighted by atomic mass is 19.1. The van der Waals surface area contributed by atoms with E-state index in [0.29, 0.717) is 6.54 Å². The number of halogens is 1. The fourth-order valence-corrected chi connectivity index (χ4v) is 4.99. The van der Waals surface area contributed by atoms with Gasteiger partial charge >= 0.3 is 5.97 Å². The number of piperidine rings is 1. The molecule has 1 saturated heterocycles. The van der Waals surface area contributed by atoms with Crippen molar-refractivity contribution in [3.05, 3.63) is 58.4 Å². The predicted octanol–water partition coefficient (Wildman–Crippen LogP) is 4.50. The standard InChI is InChI=1S/C26H28FNO5/c1-31-18-3-4-22-20(12-18)24(19-13-23(32-2)21(27)11-17(19)14-33-22)16-5-9-28(10-6-16)15-26(7-8-26)25(29)30/h3-4,11-13H,5-10,14-15H2,1-2H3,(H,29,30). The molecule has 1 aliphatic carbocycles. The number of aliphatic carboxylic acids is 1. The molecule has 7 heteroatoms. The predicted molar refractivity (Wildman–Crippen MR) is 121 cm³/mol. The second-order valence-electron chi connectivity index (χ2n) is 9.13. The van der Waals surface area contributed by atoms with Crippen LogP contribution in [-0.4, -0.2) is 49.8 Å². The first-order chi connectivity index (χ1) is 15.9. The van der Waals surface area contributed by atoms with Crippen molar-refractivity contribution in [1.82, 2.24) is 4.90 Å². The molecule has 174 valence electrons. The van der Waals surface area contributed by atoms with Crippen molar-refractivity contribution in [3.8, 4) is 17.2 Å². The van der Waals surface area contributed by atoms with E-state index in [1.165, 1.54) is 18.7 Å². The number of hydrogen-bond donors (Lipinski definition) is 1. The van der Waals surface area contributed by atoms with E-state index in [2.05, 4.69) is 4.90 Å². The third-order valence-electron chi connectivity index (χ3n) is 7.13. The summed E-state index contributed by atoms with van der Waals surface area (Å²) in [6, 6.07) is 8.99. The van der Waals surface area contributed by atoms with Gasteiger partial charge in [0.1, 0.15) is 18.1 Å². The Labute approximate surface area is 192 Å². The van der Waals surface area contributed by atoms with Crippen LogP contribution in [0, 0.1) is 11.2 Å². The van der Waals surface area contributed by atoms with Crippen LogP contribution >= 0.6 is 0 Å². The Kier molecular flexibility index (Phi) is 5.52. The SMILES string of the molecule is COc1ccc2c(c1)C(=C1CCN(CC3(C(=O)O)CC3)CC1)c1cc(OC)c(F)cc1CO2. The molecule has 0 aromatic heterocycles. The number of methoxy groups -OCH3 is 2. The zero-order valence-corrected chi connectivity index (χ0v) is 18.9.